The first-order valence-corrected chi connectivity index (χ1v) is 8.97. The van der Waals surface area contributed by atoms with Crippen LogP contribution in [0.3, 0.4) is 0 Å². The summed E-state index contributed by atoms with van der Waals surface area (Å²) in [5, 5.41) is 3.21. The van der Waals surface area contributed by atoms with Gasteiger partial charge in [0.05, 0.1) is 6.61 Å². The Bertz CT molecular complexity index is 1030. The smallest absolute Gasteiger partial charge is 0.332 e. The van der Waals surface area contributed by atoms with Crippen LogP contribution in [0.25, 0.3) is 11.2 Å². The fourth-order valence-electron chi connectivity index (χ4n) is 3.15. The van der Waals surface area contributed by atoms with E-state index in [0.717, 1.165) is 17.4 Å². The number of hydrogen-bond donors (Lipinski definition) is 1. The van der Waals surface area contributed by atoms with E-state index in [0.29, 0.717) is 36.8 Å². The van der Waals surface area contributed by atoms with Gasteiger partial charge in [0.15, 0.2) is 11.2 Å². The van der Waals surface area contributed by atoms with E-state index in [1.807, 2.05) is 22.8 Å². The minimum atomic E-state index is -0.384. The van der Waals surface area contributed by atoms with Crippen molar-refractivity contribution in [3.8, 4) is 0 Å². The van der Waals surface area contributed by atoms with Gasteiger partial charge in [-0.3, -0.25) is 13.9 Å². The Morgan fingerprint density at radius 1 is 1.11 bits per heavy atom. The van der Waals surface area contributed by atoms with Crippen molar-refractivity contribution in [3.63, 3.8) is 0 Å². The second kappa shape index (κ2) is 8.22. The predicted octanol–water partition coefficient (Wildman–Crippen LogP) is 1.12. The lowest BCUT2D eigenvalue weighted by atomic mass is 10.1. The summed E-state index contributed by atoms with van der Waals surface area (Å²) in [6.45, 7) is 1.70. The molecule has 0 unspecified atom stereocenters. The van der Waals surface area contributed by atoms with Gasteiger partial charge in [-0.05, 0) is 18.4 Å². The van der Waals surface area contributed by atoms with Gasteiger partial charge in [0, 0.05) is 34.3 Å². The number of ether oxygens (including phenoxy) is 1. The zero-order chi connectivity index (χ0) is 19.4. The van der Waals surface area contributed by atoms with Crippen LogP contribution in [0, 0.1) is 0 Å². The van der Waals surface area contributed by atoms with Crippen LogP contribution < -0.4 is 16.6 Å². The van der Waals surface area contributed by atoms with Crippen molar-refractivity contribution in [2.45, 2.75) is 19.4 Å². The maximum atomic E-state index is 12.7. The molecule has 1 aromatic carbocycles. The number of benzene rings is 1. The van der Waals surface area contributed by atoms with E-state index in [1.165, 1.54) is 17.2 Å². The van der Waals surface area contributed by atoms with Gasteiger partial charge in [0.1, 0.15) is 0 Å². The van der Waals surface area contributed by atoms with Gasteiger partial charge in [-0.2, -0.15) is 4.98 Å². The van der Waals surface area contributed by atoms with Crippen LogP contribution in [0.1, 0.15) is 12.0 Å². The van der Waals surface area contributed by atoms with Gasteiger partial charge in [-0.25, -0.2) is 4.79 Å². The van der Waals surface area contributed by atoms with E-state index < -0.39 is 0 Å². The molecule has 1 N–H and O–H groups in total. The average Bonchev–Trinajstić information content (AvgIpc) is 3.04. The highest BCUT2D eigenvalue weighted by molar-refractivity contribution is 5.74. The molecular weight excluding hydrogens is 346 g/mol. The molecule has 0 aliphatic rings. The van der Waals surface area contributed by atoms with Crippen LogP contribution in [-0.2, 0) is 31.8 Å². The number of anilines is 1. The monoisotopic (exact) mass is 371 g/mol. The van der Waals surface area contributed by atoms with Crippen molar-refractivity contribution in [2.24, 2.45) is 14.1 Å². The topological polar surface area (TPSA) is 83.1 Å². The minimum absolute atomic E-state index is 0.333. The van der Waals surface area contributed by atoms with Crippen LogP contribution in [0.4, 0.5) is 5.95 Å². The Morgan fingerprint density at radius 2 is 1.85 bits per heavy atom. The number of imidazole rings is 1. The summed E-state index contributed by atoms with van der Waals surface area (Å²) in [6.07, 6.45) is 1.74. The summed E-state index contributed by atoms with van der Waals surface area (Å²) in [5.74, 6) is 0.577. The number of nitrogens with one attached hydrogen (secondary N) is 1. The highest BCUT2D eigenvalue weighted by atomic mass is 16.5. The van der Waals surface area contributed by atoms with Crippen molar-refractivity contribution in [1.29, 1.82) is 0 Å². The first kappa shape index (κ1) is 18.9. The Hall–Kier alpha value is -2.87. The Morgan fingerprint density at radius 3 is 2.56 bits per heavy atom. The molecule has 0 bridgehead atoms. The predicted molar refractivity (Wildman–Crippen MR) is 105 cm³/mol. The molecule has 27 heavy (non-hydrogen) atoms. The standard InChI is InChI=1S/C19H25N5O3/c1-22-16-15(17(25)23(2)19(22)26)24(18(21-16)20-11-13-27-3)12-7-10-14-8-5-4-6-9-14/h4-6,8-9H,7,10-13H2,1-3H3,(H,20,21). The molecule has 144 valence electrons. The molecule has 3 aromatic rings. The molecule has 0 saturated heterocycles. The zero-order valence-corrected chi connectivity index (χ0v) is 15.9. The first-order chi connectivity index (χ1) is 13.0. The van der Waals surface area contributed by atoms with E-state index in [4.69, 9.17) is 4.74 Å². The van der Waals surface area contributed by atoms with E-state index in [2.05, 4.69) is 22.4 Å². The van der Waals surface area contributed by atoms with Crippen LogP contribution in [0.5, 0.6) is 0 Å². The van der Waals surface area contributed by atoms with E-state index in [1.54, 1.807) is 14.2 Å². The molecule has 0 radical (unpaired) electrons. The second-order valence-electron chi connectivity index (χ2n) is 6.47. The first-order valence-electron chi connectivity index (χ1n) is 8.97. The van der Waals surface area contributed by atoms with Crippen molar-refractivity contribution in [2.75, 3.05) is 25.6 Å². The molecule has 0 aliphatic carbocycles. The van der Waals surface area contributed by atoms with Crippen molar-refractivity contribution >= 4 is 17.1 Å². The normalized spacial score (nSPS) is 11.2. The lowest BCUT2D eigenvalue weighted by molar-refractivity contribution is 0.210. The molecule has 2 aromatic heterocycles. The van der Waals surface area contributed by atoms with E-state index in [9.17, 15) is 9.59 Å². The molecular formula is C19H25N5O3. The van der Waals surface area contributed by atoms with Crippen LogP contribution in [0.2, 0.25) is 0 Å². The van der Waals surface area contributed by atoms with E-state index >= 15 is 0 Å². The summed E-state index contributed by atoms with van der Waals surface area (Å²) in [6, 6.07) is 10.2. The van der Waals surface area contributed by atoms with Gasteiger partial charge < -0.3 is 14.6 Å². The Balaban J connectivity index is 1.97. The van der Waals surface area contributed by atoms with Gasteiger partial charge in [-0.1, -0.05) is 30.3 Å². The fraction of sp³-hybridized carbons (Fsp3) is 0.421. The highest BCUT2D eigenvalue weighted by Gasteiger charge is 2.18. The third-order valence-electron chi connectivity index (χ3n) is 4.63. The SMILES string of the molecule is COCCNc1nc2c(c(=O)n(C)c(=O)n2C)n1CCCc1ccccc1. The van der Waals surface area contributed by atoms with Gasteiger partial charge in [-0.15, -0.1) is 0 Å². The molecule has 3 rings (SSSR count). The van der Waals surface area contributed by atoms with Crippen molar-refractivity contribution < 1.29 is 4.74 Å². The van der Waals surface area contributed by atoms with Crippen LogP contribution in [0.15, 0.2) is 39.9 Å². The number of aryl methyl sites for hydroxylation is 3. The number of rotatable bonds is 8. The molecule has 0 amide bonds. The summed E-state index contributed by atoms with van der Waals surface area (Å²) < 4.78 is 9.48. The summed E-state index contributed by atoms with van der Waals surface area (Å²) in [5.41, 5.74) is 1.36. The minimum Gasteiger partial charge on any atom is -0.383 e. The largest absolute Gasteiger partial charge is 0.383 e. The maximum Gasteiger partial charge on any atom is 0.332 e. The van der Waals surface area contributed by atoms with Crippen molar-refractivity contribution in [3.05, 3.63) is 56.7 Å². The number of nitrogens with zero attached hydrogens (tertiary/aromatic N) is 4. The molecule has 8 nitrogen and oxygen atoms in total. The molecule has 0 spiro atoms. The lowest BCUT2D eigenvalue weighted by Crippen LogP contribution is -2.37. The van der Waals surface area contributed by atoms with Crippen LogP contribution >= 0.6 is 0 Å². The number of methoxy groups -OCH3 is 1. The molecule has 8 heteroatoms. The quantitative estimate of drug-likeness (QED) is 0.600. The highest BCUT2D eigenvalue weighted by Crippen LogP contribution is 2.17. The van der Waals surface area contributed by atoms with Crippen LogP contribution in [-0.4, -0.2) is 38.9 Å². The molecule has 0 fully saturated rings. The molecule has 2 heterocycles. The maximum absolute atomic E-state index is 12.7. The van der Waals surface area contributed by atoms with Gasteiger partial charge in [0.2, 0.25) is 5.95 Å². The lowest BCUT2D eigenvalue weighted by Gasteiger charge is -2.11. The molecule has 0 saturated carbocycles. The molecule has 0 atom stereocenters. The molecule has 0 aliphatic heterocycles. The average molecular weight is 371 g/mol. The van der Waals surface area contributed by atoms with Gasteiger partial charge in [0.25, 0.3) is 5.56 Å². The third kappa shape index (κ3) is 3.80. The number of hydrogen-bond acceptors (Lipinski definition) is 5. The number of fused-ring (bicyclic) bond motifs is 1. The van der Waals surface area contributed by atoms with Crippen molar-refractivity contribution in [1.82, 2.24) is 18.7 Å². The number of aromatic nitrogens is 4. The zero-order valence-electron chi connectivity index (χ0n) is 15.9. The van der Waals surface area contributed by atoms with Gasteiger partial charge >= 0.3 is 5.69 Å². The Labute approximate surface area is 157 Å². The Kier molecular flexibility index (Phi) is 5.75. The summed E-state index contributed by atoms with van der Waals surface area (Å²) in [4.78, 5) is 29.5. The third-order valence-corrected chi connectivity index (χ3v) is 4.63. The second-order valence-corrected chi connectivity index (χ2v) is 6.47. The fourth-order valence-corrected chi connectivity index (χ4v) is 3.15. The summed E-state index contributed by atoms with van der Waals surface area (Å²) >= 11 is 0. The van der Waals surface area contributed by atoms with E-state index in [-0.39, 0.29) is 11.2 Å². The summed E-state index contributed by atoms with van der Waals surface area (Å²) in [7, 11) is 4.75.